The van der Waals surface area contributed by atoms with Crippen molar-refractivity contribution in [3.63, 3.8) is 0 Å². The molecule has 0 aliphatic carbocycles. The van der Waals surface area contributed by atoms with Crippen molar-refractivity contribution in [1.82, 2.24) is 20.4 Å². The summed E-state index contributed by atoms with van der Waals surface area (Å²) in [5, 5.41) is 28.9. The van der Waals surface area contributed by atoms with Crippen LogP contribution < -0.4 is 34.5 Å². The molecule has 3 aromatic carbocycles. The summed E-state index contributed by atoms with van der Waals surface area (Å²) in [6.07, 6.45) is 0.812. The number of methoxy groups -OCH3 is 1. The molecule has 1 saturated heterocycles. The van der Waals surface area contributed by atoms with E-state index in [0.29, 0.717) is 63.8 Å². The van der Waals surface area contributed by atoms with Crippen molar-refractivity contribution in [1.29, 1.82) is 5.26 Å². The van der Waals surface area contributed by atoms with Crippen molar-refractivity contribution in [2.24, 2.45) is 0 Å². The number of ether oxygens (including phenoxy) is 4. The van der Waals surface area contributed by atoms with E-state index in [0.717, 1.165) is 11.1 Å². The van der Waals surface area contributed by atoms with Crippen LogP contribution in [0.25, 0.3) is 0 Å². The normalized spacial score (nSPS) is 22.5. The summed E-state index contributed by atoms with van der Waals surface area (Å²) >= 11 is 5.60. The maximum atomic E-state index is 13.9. The quantitative estimate of drug-likeness (QED) is 0.180. The second-order valence-corrected chi connectivity index (χ2v) is 14.8. The van der Waals surface area contributed by atoms with E-state index in [1.54, 1.807) is 31.2 Å². The standard InChI is InChI=1S/C40H44N6O8S/c1-19-13-24-14-27-29(16-41)46-28(33(44(27)6)31(24)34(49)35(19)51-7)15-26-32(38-37(52-18-53-38)20(2)36(26)54-23(5)48)30(46)17-42-39(50)21(3)43-40(55)45(22(4)47)25-11-9-8-10-12-25/h8-13,21,27-30,33,49H,14-15,17-18H2,1-7H3,(H,42,50)(H,43,55)/t21-,27+,28?,29?,30-,33-/m0/s1. The second kappa shape index (κ2) is 14.7. The first kappa shape index (κ1) is 37.9. The van der Waals surface area contributed by atoms with Crippen molar-refractivity contribution in [2.45, 2.75) is 83.7 Å². The third-order valence-corrected chi connectivity index (χ3v) is 11.5. The molecule has 15 heteroatoms. The van der Waals surface area contributed by atoms with Crippen LogP contribution in [0.4, 0.5) is 5.69 Å². The molecule has 6 atom stereocenters. The number of phenols is 1. The fourth-order valence-corrected chi connectivity index (χ4v) is 9.41. The van der Waals surface area contributed by atoms with E-state index in [1.807, 2.05) is 33.0 Å². The molecule has 288 valence electrons. The van der Waals surface area contributed by atoms with Crippen LogP contribution in [0.3, 0.4) is 0 Å². The van der Waals surface area contributed by atoms with Crippen molar-refractivity contribution in [3.05, 3.63) is 69.8 Å². The number of thiocarbonyl (C=S) groups is 1. The van der Waals surface area contributed by atoms with Gasteiger partial charge in [0.2, 0.25) is 18.6 Å². The highest BCUT2D eigenvalue weighted by Gasteiger charge is 2.57. The van der Waals surface area contributed by atoms with Gasteiger partial charge in [-0.3, -0.25) is 29.1 Å². The highest BCUT2D eigenvalue weighted by atomic mass is 32.1. The van der Waals surface area contributed by atoms with Crippen LogP contribution in [0.1, 0.15) is 66.2 Å². The van der Waals surface area contributed by atoms with E-state index in [4.69, 9.17) is 31.2 Å². The van der Waals surface area contributed by atoms with E-state index in [9.17, 15) is 24.8 Å². The number of fused-ring (bicyclic) bond motifs is 9. The molecule has 0 spiro atoms. The van der Waals surface area contributed by atoms with Gasteiger partial charge in [-0.15, -0.1) is 0 Å². The predicted octanol–water partition coefficient (Wildman–Crippen LogP) is 3.88. The van der Waals surface area contributed by atoms with Crippen LogP contribution in [-0.4, -0.2) is 89.5 Å². The Bertz CT molecular complexity index is 2140. The number of aromatic hydroxyl groups is 1. The van der Waals surface area contributed by atoms with E-state index in [2.05, 4.69) is 26.5 Å². The molecule has 2 unspecified atom stereocenters. The summed E-state index contributed by atoms with van der Waals surface area (Å²) in [5.41, 5.74) is 4.95. The Balaban J connectivity index is 1.31. The zero-order valence-corrected chi connectivity index (χ0v) is 32.6. The minimum absolute atomic E-state index is 0.0198. The molecule has 0 saturated carbocycles. The molecule has 4 aliphatic heterocycles. The first-order valence-corrected chi connectivity index (χ1v) is 18.5. The Morgan fingerprint density at radius 2 is 1.80 bits per heavy atom. The van der Waals surface area contributed by atoms with Gasteiger partial charge in [-0.2, -0.15) is 5.26 Å². The fraction of sp³-hybridized carbons (Fsp3) is 0.425. The molecule has 1 fully saturated rings. The van der Waals surface area contributed by atoms with E-state index in [1.165, 1.54) is 25.9 Å². The number of para-hydroxylation sites is 1. The van der Waals surface area contributed by atoms with Crippen molar-refractivity contribution < 1.29 is 38.4 Å². The van der Waals surface area contributed by atoms with Crippen molar-refractivity contribution in [3.8, 4) is 34.8 Å². The molecule has 55 heavy (non-hydrogen) atoms. The monoisotopic (exact) mass is 768 g/mol. The summed E-state index contributed by atoms with van der Waals surface area (Å²) < 4.78 is 23.7. The van der Waals surface area contributed by atoms with Gasteiger partial charge in [0.05, 0.1) is 31.0 Å². The number of carbonyl (C=O) groups excluding carboxylic acids is 3. The molecule has 0 aromatic heterocycles. The topological polar surface area (TPSA) is 166 Å². The van der Waals surface area contributed by atoms with Gasteiger partial charge in [0.1, 0.15) is 17.8 Å². The number of piperazine rings is 1. The Hall–Kier alpha value is -5.43. The first-order valence-electron chi connectivity index (χ1n) is 18.1. The van der Waals surface area contributed by atoms with Crippen LogP contribution in [0.5, 0.6) is 28.7 Å². The molecule has 2 bridgehead atoms. The Morgan fingerprint density at radius 1 is 1.09 bits per heavy atom. The lowest BCUT2D eigenvalue weighted by Gasteiger charge is -2.60. The number of likely N-dealkylation sites (N-methyl/N-ethyl adjacent to an activating group) is 1. The number of nitriles is 1. The zero-order chi connectivity index (χ0) is 39.5. The SMILES string of the molecule is COc1c(C)cc2c(c1O)[C@@H]1C3Cc4c(OC(C)=O)c(C)c5c(c4[C@H](CNC(=O)[C@H](C)NC(=S)N(C(C)=O)c4ccccc4)N3C(C#N)[C@@H](C2)N1C)OCO5. The molecule has 4 heterocycles. The van der Waals surface area contributed by atoms with E-state index in [-0.39, 0.29) is 36.1 Å². The molecule has 14 nitrogen and oxygen atoms in total. The van der Waals surface area contributed by atoms with Gasteiger partial charge < -0.3 is 34.7 Å². The fourth-order valence-electron chi connectivity index (χ4n) is 9.00. The number of phenolic OH excluding ortho intramolecular Hbond substituents is 1. The van der Waals surface area contributed by atoms with Gasteiger partial charge in [0, 0.05) is 54.7 Å². The summed E-state index contributed by atoms with van der Waals surface area (Å²) in [4.78, 5) is 44.8. The average molecular weight is 769 g/mol. The zero-order valence-electron chi connectivity index (χ0n) is 31.8. The van der Waals surface area contributed by atoms with E-state index >= 15 is 0 Å². The number of aryl methyl sites for hydroxylation is 1. The molecule has 2 amide bonds. The number of amides is 2. The summed E-state index contributed by atoms with van der Waals surface area (Å²) in [6, 6.07) is 10.2. The van der Waals surface area contributed by atoms with Gasteiger partial charge in [-0.05, 0) is 76.1 Å². The molecule has 0 radical (unpaired) electrons. The predicted molar refractivity (Wildman–Crippen MR) is 205 cm³/mol. The summed E-state index contributed by atoms with van der Waals surface area (Å²) in [6.45, 7) is 8.03. The lowest BCUT2D eigenvalue weighted by molar-refractivity contribution is -0.132. The number of anilines is 1. The first-order chi connectivity index (χ1) is 26.3. The summed E-state index contributed by atoms with van der Waals surface area (Å²) in [7, 11) is 3.49. The molecule has 3 aromatic rings. The molecular weight excluding hydrogens is 725 g/mol. The maximum absolute atomic E-state index is 13.9. The van der Waals surface area contributed by atoms with Crippen LogP contribution in [0, 0.1) is 25.2 Å². The van der Waals surface area contributed by atoms with Gasteiger partial charge in [0.15, 0.2) is 28.1 Å². The van der Waals surface area contributed by atoms with Gasteiger partial charge >= 0.3 is 5.97 Å². The van der Waals surface area contributed by atoms with Gasteiger partial charge in [-0.1, -0.05) is 24.3 Å². The third kappa shape index (κ3) is 6.27. The van der Waals surface area contributed by atoms with Crippen molar-refractivity contribution in [2.75, 3.05) is 32.4 Å². The third-order valence-electron chi connectivity index (χ3n) is 11.2. The number of nitrogens with zero attached hydrogens (tertiary/aromatic N) is 4. The molecule has 3 N–H and O–H groups in total. The van der Waals surface area contributed by atoms with Crippen molar-refractivity contribution >= 4 is 40.8 Å². The van der Waals surface area contributed by atoms with Gasteiger partial charge in [-0.25, -0.2) is 0 Å². The highest BCUT2D eigenvalue weighted by molar-refractivity contribution is 7.80. The maximum Gasteiger partial charge on any atom is 0.308 e. The molecular formula is C40H44N6O8S. The Morgan fingerprint density at radius 3 is 2.45 bits per heavy atom. The molecule has 4 aliphatic rings. The van der Waals surface area contributed by atoms with Crippen LogP contribution in [-0.2, 0) is 27.2 Å². The Kier molecular flexibility index (Phi) is 10.1. The largest absolute Gasteiger partial charge is 0.504 e. The number of nitrogens with one attached hydrogen (secondary N) is 2. The number of hydrogen-bond acceptors (Lipinski definition) is 12. The average Bonchev–Trinajstić information content (AvgIpc) is 3.63. The smallest absolute Gasteiger partial charge is 0.308 e. The lowest BCUT2D eigenvalue weighted by Crippen LogP contribution is -2.69. The van der Waals surface area contributed by atoms with E-state index < -0.39 is 42.1 Å². The number of rotatable bonds is 7. The van der Waals surface area contributed by atoms with Gasteiger partial charge in [0.25, 0.3) is 0 Å². The molecule has 7 rings (SSSR count). The van der Waals surface area contributed by atoms with Crippen LogP contribution in [0.2, 0.25) is 0 Å². The highest BCUT2D eigenvalue weighted by Crippen LogP contribution is 2.58. The van der Waals surface area contributed by atoms with Crippen LogP contribution >= 0.6 is 12.2 Å². The number of esters is 1. The number of hydrogen-bond donors (Lipinski definition) is 3. The van der Waals surface area contributed by atoms with Crippen LogP contribution in [0.15, 0.2) is 36.4 Å². The minimum Gasteiger partial charge on any atom is -0.504 e. The minimum atomic E-state index is -0.866. The number of carbonyl (C=O) groups is 3. The summed E-state index contributed by atoms with van der Waals surface area (Å²) in [5.74, 6) is 0.430. The second-order valence-electron chi connectivity index (χ2n) is 14.4. The Labute approximate surface area is 324 Å². The lowest BCUT2D eigenvalue weighted by atomic mass is 9.71. The number of benzene rings is 3.